The Bertz CT molecular complexity index is 589. The monoisotopic (exact) mass is 251 g/mol. The van der Waals surface area contributed by atoms with E-state index < -0.39 is 5.97 Å². The fraction of sp³-hybridized carbons (Fsp3) is 0.250. The van der Waals surface area contributed by atoms with Crippen molar-refractivity contribution in [1.29, 1.82) is 0 Å². The fourth-order valence-electron chi connectivity index (χ4n) is 2.03. The zero-order valence-electron chi connectivity index (χ0n) is 9.60. The third-order valence-electron chi connectivity index (χ3n) is 2.80. The summed E-state index contributed by atoms with van der Waals surface area (Å²) in [6, 6.07) is 4.81. The molecule has 0 aliphatic rings. The van der Waals surface area contributed by atoms with Crippen LogP contribution in [0.5, 0.6) is 5.75 Å². The Morgan fingerprint density at radius 3 is 2.76 bits per heavy atom. The number of carbonyl (C=O) groups is 1. The predicted molar refractivity (Wildman–Crippen MR) is 68.8 cm³/mol. The van der Waals surface area contributed by atoms with Crippen molar-refractivity contribution in [3.63, 3.8) is 0 Å². The molecule has 0 aliphatic heterocycles. The molecule has 2 aromatic rings. The smallest absolute Gasteiger partial charge is 0.338 e. The number of hydrogen-bond donors (Lipinski definition) is 2. The van der Waals surface area contributed by atoms with Gasteiger partial charge in [0, 0.05) is 29.4 Å². The van der Waals surface area contributed by atoms with Gasteiger partial charge in [0.15, 0.2) is 0 Å². The van der Waals surface area contributed by atoms with Crippen LogP contribution < -0.4 is 0 Å². The Labute approximate surface area is 103 Å². The number of aromatic hydroxyl groups is 1. The molecule has 4 nitrogen and oxygen atoms in total. The van der Waals surface area contributed by atoms with Gasteiger partial charge in [-0.05, 0) is 24.5 Å². The molecule has 0 saturated heterocycles. The van der Waals surface area contributed by atoms with E-state index in [-0.39, 0.29) is 11.3 Å². The van der Waals surface area contributed by atoms with E-state index >= 15 is 0 Å². The van der Waals surface area contributed by atoms with Gasteiger partial charge >= 0.3 is 5.97 Å². The molecule has 0 amide bonds. The molecule has 0 radical (unpaired) electrons. The highest BCUT2D eigenvalue weighted by Crippen LogP contribution is 2.30. The zero-order chi connectivity index (χ0) is 12.6. The number of carboxylic acid groups (broad SMARTS) is 1. The Balaban J connectivity index is 2.83. The van der Waals surface area contributed by atoms with Crippen molar-refractivity contribution in [3.8, 4) is 5.75 Å². The van der Waals surface area contributed by atoms with Crippen molar-refractivity contribution in [3.05, 3.63) is 29.5 Å². The first kappa shape index (κ1) is 11.9. The lowest BCUT2D eigenvalue weighted by Gasteiger charge is -2.03. The number of benzene rings is 1. The molecule has 5 heteroatoms. The number of aryl methyl sites for hydroxylation is 1. The first-order chi connectivity index (χ1) is 8.06. The molecule has 90 valence electrons. The number of carboxylic acids is 1. The number of hydrogen-bond acceptors (Lipinski definition) is 3. The minimum atomic E-state index is -0.953. The molecular formula is C12H13NO3S. The van der Waals surface area contributed by atoms with Crippen molar-refractivity contribution >= 4 is 28.6 Å². The number of rotatable bonds is 3. The van der Waals surface area contributed by atoms with Crippen molar-refractivity contribution < 1.29 is 15.0 Å². The van der Waals surface area contributed by atoms with Crippen molar-refractivity contribution in [2.75, 3.05) is 6.26 Å². The predicted octanol–water partition coefficient (Wildman–Crippen LogP) is 2.45. The van der Waals surface area contributed by atoms with Crippen LogP contribution >= 0.6 is 11.8 Å². The molecule has 0 unspecified atom stereocenters. The van der Waals surface area contributed by atoms with Crippen LogP contribution in [-0.2, 0) is 12.8 Å². The SMILES string of the molecule is CSCc1c(C(=O)O)c2cc(O)ccc2n1C. The lowest BCUT2D eigenvalue weighted by molar-refractivity contribution is 0.0698. The molecule has 0 fully saturated rings. The Hall–Kier alpha value is -1.62. The van der Waals surface area contributed by atoms with Gasteiger partial charge in [0.1, 0.15) is 5.75 Å². The van der Waals surface area contributed by atoms with E-state index in [1.54, 1.807) is 23.9 Å². The van der Waals surface area contributed by atoms with Crippen LogP contribution in [0.1, 0.15) is 16.1 Å². The van der Waals surface area contributed by atoms with Crippen molar-refractivity contribution in [1.82, 2.24) is 4.57 Å². The lowest BCUT2D eigenvalue weighted by atomic mass is 10.1. The number of aromatic nitrogens is 1. The number of phenolic OH excluding ortho intramolecular Hbond substituents is 1. The second-order valence-electron chi connectivity index (χ2n) is 3.82. The summed E-state index contributed by atoms with van der Waals surface area (Å²) in [5.74, 6) is -0.236. The van der Waals surface area contributed by atoms with Crippen LogP contribution in [0.25, 0.3) is 10.9 Å². The van der Waals surface area contributed by atoms with Gasteiger partial charge in [-0.25, -0.2) is 4.79 Å². The first-order valence-electron chi connectivity index (χ1n) is 5.08. The summed E-state index contributed by atoms with van der Waals surface area (Å²) >= 11 is 1.57. The highest BCUT2D eigenvalue weighted by atomic mass is 32.2. The van der Waals surface area contributed by atoms with E-state index in [9.17, 15) is 15.0 Å². The minimum absolute atomic E-state index is 0.0845. The zero-order valence-corrected chi connectivity index (χ0v) is 10.4. The standard InChI is InChI=1S/C12H13NO3S/c1-13-9-4-3-7(14)5-8(9)11(12(15)16)10(13)6-17-2/h3-5,14H,6H2,1-2H3,(H,15,16). The van der Waals surface area contributed by atoms with E-state index in [0.717, 1.165) is 11.2 Å². The lowest BCUT2D eigenvalue weighted by Crippen LogP contribution is -2.02. The highest BCUT2D eigenvalue weighted by Gasteiger charge is 2.20. The molecule has 1 aromatic heterocycles. The molecule has 0 bridgehead atoms. The van der Waals surface area contributed by atoms with Gasteiger partial charge in [0.25, 0.3) is 0 Å². The highest BCUT2D eigenvalue weighted by molar-refractivity contribution is 7.97. The van der Waals surface area contributed by atoms with Crippen LogP contribution in [0.2, 0.25) is 0 Å². The number of phenols is 1. The summed E-state index contributed by atoms with van der Waals surface area (Å²) in [6.07, 6.45) is 1.93. The summed E-state index contributed by atoms with van der Waals surface area (Å²) < 4.78 is 1.87. The molecule has 0 saturated carbocycles. The minimum Gasteiger partial charge on any atom is -0.508 e. The molecular weight excluding hydrogens is 238 g/mol. The van der Waals surface area contributed by atoms with E-state index in [2.05, 4.69) is 0 Å². The van der Waals surface area contributed by atoms with Crippen LogP contribution in [0.4, 0.5) is 0 Å². The van der Waals surface area contributed by atoms with Crippen molar-refractivity contribution in [2.45, 2.75) is 5.75 Å². The van der Waals surface area contributed by atoms with Crippen LogP contribution in [0.3, 0.4) is 0 Å². The number of thioether (sulfide) groups is 1. The average molecular weight is 251 g/mol. The summed E-state index contributed by atoms with van der Waals surface area (Å²) in [7, 11) is 1.84. The topological polar surface area (TPSA) is 62.5 Å². The van der Waals surface area contributed by atoms with Gasteiger partial charge < -0.3 is 14.8 Å². The summed E-state index contributed by atoms with van der Waals surface area (Å²) in [5, 5.41) is 19.3. The molecule has 1 aromatic carbocycles. The van der Waals surface area contributed by atoms with Gasteiger partial charge in [-0.15, -0.1) is 0 Å². The summed E-state index contributed by atoms with van der Waals surface area (Å²) in [4.78, 5) is 11.3. The van der Waals surface area contributed by atoms with Crippen LogP contribution in [0.15, 0.2) is 18.2 Å². The van der Waals surface area contributed by atoms with Crippen LogP contribution in [0, 0.1) is 0 Å². The van der Waals surface area contributed by atoms with E-state index in [1.165, 1.54) is 6.07 Å². The normalized spacial score (nSPS) is 10.9. The molecule has 2 rings (SSSR count). The molecule has 2 N–H and O–H groups in total. The largest absolute Gasteiger partial charge is 0.508 e. The maximum absolute atomic E-state index is 11.3. The molecule has 1 heterocycles. The molecule has 0 atom stereocenters. The van der Waals surface area contributed by atoms with E-state index in [4.69, 9.17) is 0 Å². The maximum atomic E-state index is 11.3. The van der Waals surface area contributed by atoms with Gasteiger partial charge in [0.05, 0.1) is 5.56 Å². The summed E-state index contributed by atoms with van der Waals surface area (Å²) in [5.41, 5.74) is 1.88. The Morgan fingerprint density at radius 2 is 2.18 bits per heavy atom. The van der Waals surface area contributed by atoms with E-state index in [0.29, 0.717) is 11.1 Å². The maximum Gasteiger partial charge on any atom is 0.338 e. The van der Waals surface area contributed by atoms with Gasteiger partial charge in [0.2, 0.25) is 0 Å². The summed E-state index contributed by atoms with van der Waals surface area (Å²) in [6.45, 7) is 0. The number of nitrogens with zero attached hydrogens (tertiary/aromatic N) is 1. The van der Waals surface area contributed by atoms with Crippen molar-refractivity contribution in [2.24, 2.45) is 7.05 Å². The molecule has 0 spiro atoms. The Kier molecular flexibility index (Phi) is 3.02. The second kappa shape index (κ2) is 4.33. The van der Waals surface area contributed by atoms with Gasteiger partial charge in [-0.1, -0.05) is 0 Å². The molecule has 17 heavy (non-hydrogen) atoms. The third kappa shape index (κ3) is 1.86. The number of aromatic carboxylic acids is 1. The van der Waals surface area contributed by atoms with E-state index in [1.807, 2.05) is 17.9 Å². The van der Waals surface area contributed by atoms with Gasteiger partial charge in [-0.3, -0.25) is 0 Å². The quantitative estimate of drug-likeness (QED) is 0.879. The third-order valence-corrected chi connectivity index (χ3v) is 3.36. The van der Waals surface area contributed by atoms with Crippen LogP contribution in [-0.4, -0.2) is 27.0 Å². The Morgan fingerprint density at radius 1 is 1.47 bits per heavy atom. The first-order valence-corrected chi connectivity index (χ1v) is 6.48. The van der Waals surface area contributed by atoms with Gasteiger partial charge in [-0.2, -0.15) is 11.8 Å². The number of fused-ring (bicyclic) bond motifs is 1. The molecule has 0 aliphatic carbocycles. The second-order valence-corrected chi connectivity index (χ2v) is 4.69. The average Bonchev–Trinajstić information content (AvgIpc) is 2.52. The fourth-order valence-corrected chi connectivity index (χ4v) is 2.64.